The number of hydrogen-bond donors (Lipinski definition) is 1. The van der Waals surface area contributed by atoms with Gasteiger partial charge in [-0.2, -0.15) is 0 Å². The Morgan fingerprint density at radius 3 is 2.88 bits per heavy atom. The number of imidazole rings is 1. The van der Waals surface area contributed by atoms with Gasteiger partial charge in [0.25, 0.3) is 0 Å². The van der Waals surface area contributed by atoms with Crippen LogP contribution in [0.15, 0.2) is 36.7 Å². The lowest BCUT2D eigenvalue weighted by atomic mass is 10.0. The van der Waals surface area contributed by atoms with Crippen molar-refractivity contribution >= 4 is 0 Å². The van der Waals surface area contributed by atoms with Crippen LogP contribution < -0.4 is 5.32 Å². The summed E-state index contributed by atoms with van der Waals surface area (Å²) in [5.41, 5.74) is 2.53. The van der Waals surface area contributed by atoms with Crippen molar-refractivity contribution < 1.29 is 0 Å². The molecule has 1 heterocycles. The number of nitrogens with zero attached hydrogens (tertiary/aromatic N) is 2. The van der Waals surface area contributed by atoms with Crippen LogP contribution in [0.5, 0.6) is 0 Å². The van der Waals surface area contributed by atoms with Crippen LogP contribution in [0.1, 0.15) is 29.9 Å². The van der Waals surface area contributed by atoms with Gasteiger partial charge in [-0.25, -0.2) is 4.98 Å². The first-order valence-electron chi connectivity index (χ1n) is 6.01. The topological polar surface area (TPSA) is 29.9 Å². The SMILES string of the molecule is CCn1ccnc1C(NC)c1cccc(C)c1. The molecule has 1 aromatic heterocycles. The Labute approximate surface area is 103 Å². The van der Waals surface area contributed by atoms with Crippen LogP contribution in [0.2, 0.25) is 0 Å². The first kappa shape index (κ1) is 11.9. The smallest absolute Gasteiger partial charge is 0.130 e. The highest BCUT2D eigenvalue weighted by Gasteiger charge is 2.16. The first-order chi connectivity index (χ1) is 8.26. The summed E-state index contributed by atoms with van der Waals surface area (Å²) in [4.78, 5) is 4.46. The van der Waals surface area contributed by atoms with Crippen molar-refractivity contribution in [2.75, 3.05) is 7.05 Å². The molecule has 0 saturated heterocycles. The van der Waals surface area contributed by atoms with Gasteiger partial charge in [0.2, 0.25) is 0 Å². The fourth-order valence-corrected chi connectivity index (χ4v) is 2.14. The van der Waals surface area contributed by atoms with Crippen LogP contribution in [-0.4, -0.2) is 16.6 Å². The second-order valence-electron chi connectivity index (χ2n) is 4.21. The van der Waals surface area contributed by atoms with E-state index in [2.05, 4.69) is 53.0 Å². The summed E-state index contributed by atoms with van der Waals surface area (Å²) in [7, 11) is 1.97. The van der Waals surface area contributed by atoms with Crippen molar-refractivity contribution in [3.8, 4) is 0 Å². The van der Waals surface area contributed by atoms with E-state index in [4.69, 9.17) is 0 Å². The monoisotopic (exact) mass is 229 g/mol. The summed E-state index contributed by atoms with van der Waals surface area (Å²) in [6.45, 7) is 5.19. The summed E-state index contributed by atoms with van der Waals surface area (Å²) < 4.78 is 2.17. The molecule has 1 aromatic carbocycles. The molecular formula is C14H19N3. The number of rotatable bonds is 4. The summed E-state index contributed by atoms with van der Waals surface area (Å²) in [6, 6.07) is 8.71. The minimum atomic E-state index is 0.157. The second kappa shape index (κ2) is 5.15. The summed E-state index contributed by atoms with van der Waals surface area (Å²) in [5, 5.41) is 3.34. The molecule has 1 unspecified atom stereocenters. The number of hydrogen-bond acceptors (Lipinski definition) is 2. The Kier molecular flexibility index (Phi) is 3.59. The van der Waals surface area contributed by atoms with Gasteiger partial charge in [-0.05, 0) is 26.5 Å². The van der Waals surface area contributed by atoms with Crippen LogP contribution in [0.25, 0.3) is 0 Å². The van der Waals surface area contributed by atoms with Gasteiger partial charge in [-0.15, -0.1) is 0 Å². The highest BCUT2D eigenvalue weighted by atomic mass is 15.1. The minimum Gasteiger partial charge on any atom is -0.334 e. The number of benzene rings is 1. The normalized spacial score (nSPS) is 12.6. The molecule has 3 nitrogen and oxygen atoms in total. The lowest BCUT2D eigenvalue weighted by molar-refractivity contribution is 0.590. The van der Waals surface area contributed by atoms with Gasteiger partial charge in [0.1, 0.15) is 5.82 Å². The van der Waals surface area contributed by atoms with Crippen molar-refractivity contribution in [1.29, 1.82) is 0 Å². The van der Waals surface area contributed by atoms with Gasteiger partial charge >= 0.3 is 0 Å². The molecule has 1 N–H and O–H groups in total. The number of nitrogens with one attached hydrogen (secondary N) is 1. The van der Waals surface area contributed by atoms with Gasteiger partial charge < -0.3 is 9.88 Å². The molecule has 0 fully saturated rings. The zero-order valence-electron chi connectivity index (χ0n) is 10.6. The molecule has 3 heteroatoms. The molecule has 0 radical (unpaired) electrons. The molecule has 0 aliphatic carbocycles. The van der Waals surface area contributed by atoms with Gasteiger partial charge in [-0.1, -0.05) is 29.8 Å². The molecule has 0 aliphatic heterocycles. The Bertz CT molecular complexity index is 488. The van der Waals surface area contributed by atoms with Crippen LogP contribution in [0.4, 0.5) is 0 Å². The van der Waals surface area contributed by atoms with E-state index in [1.807, 2.05) is 19.4 Å². The Morgan fingerprint density at radius 1 is 1.41 bits per heavy atom. The third-order valence-electron chi connectivity index (χ3n) is 3.01. The number of aryl methyl sites for hydroxylation is 2. The third-order valence-corrected chi connectivity index (χ3v) is 3.01. The zero-order chi connectivity index (χ0) is 12.3. The first-order valence-corrected chi connectivity index (χ1v) is 6.01. The van der Waals surface area contributed by atoms with E-state index in [0.29, 0.717) is 0 Å². The van der Waals surface area contributed by atoms with Crippen molar-refractivity contribution in [1.82, 2.24) is 14.9 Å². The molecule has 0 amide bonds. The molecule has 17 heavy (non-hydrogen) atoms. The Morgan fingerprint density at radius 2 is 2.24 bits per heavy atom. The van der Waals surface area contributed by atoms with E-state index in [0.717, 1.165) is 12.4 Å². The van der Waals surface area contributed by atoms with E-state index >= 15 is 0 Å². The average Bonchev–Trinajstić information content (AvgIpc) is 2.78. The zero-order valence-corrected chi connectivity index (χ0v) is 10.6. The summed E-state index contributed by atoms with van der Waals surface area (Å²) in [6.07, 6.45) is 3.88. The highest BCUT2D eigenvalue weighted by molar-refractivity contribution is 5.29. The van der Waals surface area contributed by atoms with Crippen molar-refractivity contribution in [3.05, 3.63) is 53.6 Å². The molecule has 0 bridgehead atoms. The molecule has 1 atom stereocenters. The molecule has 90 valence electrons. The standard InChI is InChI=1S/C14H19N3/c1-4-17-9-8-16-14(17)13(15-3)12-7-5-6-11(2)10-12/h5-10,13,15H,4H2,1-3H3. The maximum absolute atomic E-state index is 4.46. The van der Waals surface area contributed by atoms with E-state index in [1.54, 1.807) is 0 Å². The van der Waals surface area contributed by atoms with E-state index in [9.17, 15) is 0 Å². The molecular weight excluding hydrogens is 210 g/mol. The van der Waals surface area contributed by atoms with Crippen LogP contribution in [0.3, 0.4) is 0 Å². The second-order valence-corrected chi connectivity index (χ2v) is 4.21. The van der Waals surface area contributed by atoms with E-state index < -0.39 is 0 Å². The maximum Gasteiger partial charge on any atom is 0.130 e. The predicted molar refractivity (Wildman–Crippen MR) is 70.0 cm³/mol. The predicted octanol–water partition coefficient (Wildman–Crippen LogP) is 2.52. The summed E-state index contributed by atoms with van der Waals surface area (Å²) >= 11 is 0. The number of aromatic nitrogens is 2. The third kappa shape index (κ3) is 2.39. The summed E-state index contributed by atoms with van der Waals surface area (Å²) in [5.74, 6) is 1.07. The molecule has 0 saturated carbocycles. The van der Waals surface area contributed by atoms with Crippen LogP contribution >= 0.6 is 0 Å². The molecule has 0 aliphatic rings. The maximum atomic E-state index is 4.46. The fourth-order valence-electron chi connectivity index (χ4n) is 2.14. The van der Waals surface area contributed by atoms with Crippen LogP contribution in [-0.2, 0) is 6.54 Å². The Hall–Kier alpha value is -1.61. The molecule has 2 rings (SSSR count). The van der Waals surface area contributed by atoms with Gasteiger partial charge in [0, 0.05) is 18.9 Å². The molecule has 2 aromatic rings. The van der Waals surface area contributed by atoms with Gasteiger partial charge in [0.05, 0.1) is 6.04 Å². The largest absolute Gasteiger partial charge is 0.334 e. The quantitative estimate of drug-likeness (QED) is 0.873. The van der Waals surface area contributed by atoms with Gasteiger partial charge in [0.15, 0.2) is 0 Å². The van der Waals surface area contributed by atoms with Crippen molar-refractivity contribution in [3.63, 3.8) is 0 Å². The van der Waals surface area contributed by atoms with Gasteiger partial charge in [-0.3, -0.25) is 0 Å². The van der Waals surface area contributed by atoms with E-state index in [1.165, 1.54) is 11.1 Å². The minimum absolute atomic E-state index is 0.157. The lowest BCUT2D eigenvalue weighted by Crippen LogP contribution is -2.21. The van der Waals surface area contributed by atoms with Crippen molar-refractivity contribution in [2.24, 2.45) is 0 Å². The van der Waals surface area contributed by atoms with Crippen LogP contribution in [0, 0.1) is 6.92 Å². The fraction of sp³-hybridized carbons (Fsp3) is 0.357. The van der Waals surface area contributed by atoms with Crippen molar-refractivity contribution in [2.45, 2.75) is 26.4 Å². The average molecular weight is 229 g/mol. The highest BCUT2D eigenvalue weighted by Crippen LogP contribution is 2.21. The molecule has 0 spiro atoms. The van der Waals surface area contributed by atoms with E-state index in [-0.39, 0.29) is 6.04 Å². The Balaban J connectivity index is 2.40. The lowest BCUT2D eigenvalue weighted by Gasteiger charge is -2.18.